The van der Waals surface area contributed by atoms with Gasteiger partial charge < -0.3 is 10.1 Å². The van der Waals surface area contributed by atoms with E-state index in [2.05, 4.69) is 27.4 Å². The van der Waals surface area contributed by atoms with E-state index >= 15 is 0 Å². The predicted molar refractivity (Wildman–Crippen MR) is 110 cm³/mol. The fourth-order valence-electron chi connectivity index (χ4n) is 2.79. The van der Waals surface area contributed by atoms with E-state index in [0.29, 0.717) is 32.3 Å². The Kier molecular flexibility index (Phi) is 5.38. The van der Waals surface area contributed by atoms with E-state index < -0.39 is 6.23 Å². The van der Waals surface area contributed by atoms with Crippen LogP contribution in [0.1, 0.15) is 25.1 Å². The number of para-hydroxylation sites is 1. The van der Waals surface area contributed by atoms with E-state index in [-0.39, 0.29) is 0 Å². The van der Waals surface area contributed by atoms with Gasteiger partial charge in [-0.25, -0.2) is 0 Å². The molecule has 8 heteroatoms. The molecule has 138 valence electrons. The summed E-state index contributed by atoms with van der Waals surface area (Å²) in [5.74, 6) is 1.32. The van der Waals surface area contributed by atoms with Crippen LogP contribution in [0.4, 0.5) is 5.69 Å². The highest BCUT2D eigenvalue weighted by Crippen LogP contribution is 2.42. The molecule has 0 amide bonds. The number of rotatable bonds is 4. The summed E-state index contributed by atoms with van der Waals surface area (Å²) in [5, 5.41) is 13.6. The number of nitrogens with zero attached hydrogens (tertiary/aromatic N) is 3. The van der Waals surface area contributed by atoms with Gasteiger partial charge in [-0.05, 0) is 24.6 Å². The Balaban J connectivity index is 1.83. The van der Waals surface area contributed by atoms with Gasteiger partial charge in [0.05, 0.1) is 15.6 Å². The predicted octanol–water partition coefficient (Wildman–Crippen LogP) is 5.85. The summed E-state index contributed by atoms with van der Waals surface area (Å²) in [6, 6.07) is 13.2. The van der Waals surface area contributed by atoms with Gasteiger partial charge >= 0.3 is 0 Å². The van der Waals surface area contributed by atoms with Crippen molar-refractivity contribution < 1.29 is 4.74 Å². The number of benzene rings is 2. The maximum absolute atomic E-state index is 6.41. The topological polar surface area (TPSA) is 59.9 Å². The first-order valence-electron chi connectivity index (χ1n) is 8.51. The number of hydrogen-bond donors (Lipinski definition) is 1. The van der Waals surface area contributed by atoms with Crippen LogP contribution in [0.15, 0.2) is 47.6 Å². The molecule has 1 atom stereocenters. The molecule has 1 N–H and O–H groups in total. The molecule has 4 rings (SSSR count). The molecule has 0 spiro atoms. The summed E-state index contributed by atoms with van der Waals surface area (Å²) < 4.78 is 6.20. The number of nitrogens with one attached hydrogen (secondary N) is 1. The van der Waals surface area contributed by atoms with E-state index in [0.717, 1.165) is 23.4 Å². The fraction of sp³-hybridized carbons (Fsp3) is 0.211. The molecular weight excluding hydrogens is 403 g/mol. The van der Waals surface area contributed by atoms with Gasteiger partial charge in [-0.2, -0.15) is 4.98 Å². The molecule has 5 nitrogen and oxygen atoms in total. The zero-order valence-electron chi connectivity index (χ0n) is 14.4. The summed E-state index contributed by atoms with van der Waals surface area (Å²) in [6.45, 7) is 2.11. The van der Waals surface area contributed by atoms with Gasteiger partial charge in [0.1, 0.15) is 0 Å². The van der Waals surface area contributed by atoms with Gasteiger partial charge in [0.25, 0.3) is 0 Å². The second-order valence-electron chi connectivity index (χ2n) is 5.92. The van der Waals surface area contributed by atoms with E-state index in [9.17, 15) is 0 Å². The van der Waals surface area contributed by atoms with Crippen molar-refractivity contribution >= 4 is 40.7 Å². The summed E-state index contributed by atoms with van der Waals surface area (Å²) in [5.41, 5.74) is 2.96. The van der Waals surface area contributed by atoms with Crippen LogP contribution in [0.2, 0.25) is 10.0 Å². The van der Waals surface area contributed by atoms with Gasteiger partial charge in [0, 0.05) is 17.0 Å². The number of ether oxygens (including phenoxy) is 1. The first-order chi connectivity index (χ1) is 13.2. The molecule has 1 unspecified atom stereocenters. The van der Waals surface area contributed by atoms with Crippen molar-refractivity contribution in [2.45, 2.75) is 24.7 Å². The Labute approximate surface area is 171 Å². The molecule has 1 aromatic heterocycles. The first kappa shape index (κ1) is 18.3. The third kappa shape index (κ3) is 3.70. The highest BCUT2D eigenvalue weighted by Gasteiger charge is 2.28. The van der Waals surface area contributed by atoms with Gasteiger partial charge in [-0.1, -0.05) is 66.2 Å². The molecule has 0 saturated carbocycles. The van der Waals surface area contributed by atoms with Crippen LogP contribution in [0.5, 0.6) is 5.88 Å². The van der Waals surface area contributed by atoms with Crippen molar-refractivity contribution in [1.82, 2.24) is 15.2 Å². The van der Waals surface area contributed by atoms with E-state index in [1.54, 1.807) is 30.0 Å². The Morgan fingerprint density at radius 1 is 1.07 bits per heavy atom. The molecule has 1 aliphatic rings. The molecule has 2 heterocycles. The smallest absolute Gasteiger partial charge is 0.247 e. The highest BCUT2D eigenvalue weighted by molar-refractivity contribution is 7.99. The normalized spacial score (nSPS) is 15.1. The minimum Gasteiger partial charge on any atom is -0.448 e. The summed E-state index contributed by atoms with van der Waals surface area (Å²) in [6.07, 6.45) is 0.420. The zero-order chi connectivity index (χ0) is 18.8. The van der Waals surface area contributed by atoms with Crippen molar-refractivity contribution in [3.63, 3.8) is 0 Å². The van der Waals surface area contributed by atoms with Crippen molar-refractivity contribution in [2.24, 2.45) is 0 Å². The lowest BCUT2D eigenvalue weighted by Crippen LogP contribution is -2.18. The molecule has 3 aromatic rings. The van der Waals surface area contributed by atoms with E-state index in [4.69, 9.17) is 27.9 Å². The molecule has 0 aliphatic carbocycles. The zero-order valence-corrected chi connectivity index (χ0v) is 16.8. The second-order valence-corrected chi connectivity index (χ2v) is 7.80. The molecule has 1 aliphatic heterocycles. The fourth-order valence-corrected chi connectivity index (χ4v) is 4.02. The van der Waals surface area contributed by atoms with Crippen LogP contribution in [0.25, 0.3) is 11.3 Å². The molecule has 27 heavy (non-hydrogen) atoms. The number of aromatic nitrogens is 3. The maximum Gasteiger partial charge on any atom is 0.247 e. The summed E-state index contributed by atoms with van der Waals surface area (Å²) >= 11 is 14.4. The van der Waals surface area contributed by atoms with Gasteiger partial charge in [-0.15, -0.1) is 10.2 Å². The molecule has 0 fully saturated rings. The van der Waals surface area contributed by atoms with Crippen molar-refractivity contribution in [3.8, 4) is 17.1 Å². The van der Waals surface area contributed by atoms with Crippen LogP contribution < -0.4 is 10.1 Å². The third-order valence-electron chi connectivity index (χ3n) is 4.03. The largest absolute Gasteiger partial charge is 0.448 e. The standard InChI is InChI=1S/C19H16Cl2N4OS/c1-2-10-27-19-23-18-16(24-25-19)11-6-3-4-9-14(11)22-17(26-18)15-12(20)7-5-8-13(15)21/h3-9,17,22H,2,10H2,1H3. The average molecular weight is 419 g/mol. The quantitative estimate of drug-likeness (QED) is 0.536. The molecule has 2 aromatic carbocycles. The van der Waals surface area contributed by atoms with Crippen LogP contribution in [0.3, 0.4) is 0 Å². The Morgan fingerprint density at radius 3 is 2.63 bits per heavy atom. The second kappa shape index (κ2) is 7.92. The Morgan fingerprint density at radius 2 is 1.85 bits per heavy atom. The number of halogens is 2. The lowest BCUT2D eigenvalue weighted by molar-refractivity contribution is 0.225. The highest BCUT2D eigenvalue weighted by atomic mass is 35.5. The van der Waals surface area contributed by atoms with Crippen molar-refractivity contribution in [3.05, 3.63) is 58.1 Å². The van der Waals surface area contributed by atoms with Crippen LogP contribution in [-0.2, 0) is 0 Å². The lowest BCUT2D eigenvalue weighted by Gasteiger charge is -2.21. The summed E-state index contributed by atoms with van der Waals surface area (Å²) in [4.78, 5) is 4.59. The van der Waals surface area contributed by atoms with Crippen LogP contribution in [-0.4, -0.2) is 20.9 Å². The van der Waals surface area contributed by atoms with Crippen LogP contribution >= 0.6 is 35.0 Å². The third-order valence-corrected chi connectivity index (χ3v) is 5.73. The Bertz CT molecular complexity index is 965. The number of hydrogen-bond acceptors (Lipinski definition) is 6. The van der Waals surface area contributed by atoms with Crippen molar-refractivity contribution in [1.29, 1.82) is 0 Å². The number of anilines is 1. The monoisotopic (exact) mass is 418 g/mol. The minimum atomic E-state index is -0.602. The molecule has 0 bridgehead atoms. The number of fused-ring (bicyclic) bond motifs is 3. The van der Waals surface area contributed by atoms with Gasteiger partial charge in [0.2, 0.25) is 17.3 Å². The first-order valence-corrected chi connectivity index (χ1v) is 10.3. The summed E-state index contributed by atoms with van der Waals surface area (Å²) in [7, 11) is 0. The van der Waals surface area contributed by atoms with Gasteiger partial charge in [-0.3, -0.25) is 0 Å². The maximum atomic E-state index is 6.41. The van der Waals surface area contributed by atoms with Crippen molar-refractivity contribution in [2.75, 3.05) is 11.1 Å². The van der Waals surface area contributed by atoms with E-state index in [1.807, 2.05) is 24.3 Å². The minimum absolute atomic E-state index is 0.405. The SMILES string of the molecule is CCCSc1nnc2c(n1)OC(c1c(Cl)cccc1Cl)Nc1ccccc1-2. The lowest BCUT2D eigenvalue weighted by atomic mass is 10.1. The molecular formula is C19H16Cl2N4OS. The Hall–Kier alpha value is -2.02. The molecule has 0 radical (unpaired) electrons. The molecule has 0 saturated heterocycles. The van der Waals surface area contributed by atoms with Crippen LogP contribution in [0, 0.1) is 0 Å². The number of thioether (sulfide) groups is 1. The average Bonchev–Trinajstić information content (AvgIpc) is 2.82. The van der Waals surface area contributed by atoms with E-state index in [1.165, 1.54) is 0 Å². The van der Waals surface area contributed by atoms with Gasteiger partial charge in [0.15, 0.2) is 5.69 Å².